The highest BCUT2D eigenvalue weighted by Crippen LogP contribution is 2.14. The van der Waals surface area contributed by atoms with Gasteiger partial charge in [-0.25, -0.2) is 14.3 Å². The summed E-state index contributed by atoms with van der Waals surface area (Å²) in [5.74, 6) is -1.74. The number of primary amides is 1. The standard InChI is InChI=1S/C17H20N4O4/c1-10(2)14(15(22)20-17(18)24)25-16(23)12-4-6-13(7-5-12)21-11(3)8-9-19-21/h4-10,14H,1-3H3,(H3,18,20,22,24). The molecule has 0 bridgehead atoms. The molecule has 0 radical (unpaired) electrons. The van der Waals surface area contributed by atoms with Crippen molar-refractivity contribution in [2.24, 2.45) is 11.7 Å². The summed E-state index contributed by atoms with van der Waals surface area (Å²) >= 11 is 0. The van der Waals surface area contributed by atoms with Crippen molar-refractivity contribution in [1.82, 2.24) is 15.1 Å². The Kier molecular flexibility index (Phi) is 5.53. The minimum Gasteiger partial charge on any atom is -0.448 e. The van der Waals surface area contributed by atoms with Crippen molar-refractivity contribution in [3.63, 3.8) is 0 Å². The summed E-state index contributed by atoms with van der Waals surface area (Å²) in [4.78, 5) is 35.0. The van der Waals surface area contributed by atoms with Gasteiger partial charge in [-0.3, -0.25) is 10.1 Å². The van der Waals surface area contributed by atoms with Crippen molar-refractivity contribution in [2.45, 2.75) is 26.9 Å². The predicted octanol–water partition coefficient (Wildman–Crippen LogP) is 1.56. The number of aromatic nitrogens is 2. The minimum absolute atomic E-state index is 0.283. The summed E-state index contributed by atoms with van der Waals surface area (Å²) < 4.78 is 6.96. The monoisotopic (exact) mass is 344 g/mol. The van der Waals surface area contributed by atoms with Crippen LogP contribution in [0.4, 0.5) is 4.79 Å². The molecule has 1 atom stereocenters. The van der Waals surface area contributed by atoms with Gasteiger partial charge in [0.25, 0.3) is 5.91 Å². The van der Waals surface area contributed by atoms with Crippen LogP contribution in [0.2, 0.25) is 0 Å². The fourth-order valence-corrected chi connectivity index (χ4v) is 2.25. The van der Waals surface area contributed by atoms with Gasteiger partial charge in [-0.1, -0.05) is 13.8 Å². The highest BCUT2D eigenvalue weighted by atomic mass is 16.5. The van der Waals surface area contributed by atoms with Crippen molar-refractivity contribution >= 4 is 17.9 Å². The number of carbonyl (C=O) groups is 3. The molecule has 0 saturated carbocycles. The van der Waals surface area contributed by atoms with Crippen LogP contribution >= 0.6 is 0 Å². The van der Waals surface area contributed by atoms with Crippen LogP contribution in [0.25, 0.3) is 5.69 Å². The number of imide groups is 1. The van der Waals surface area contributed by atoms with E-state index >= 15 is 0 Å². The Morgan fingerprint density at radius 1 is 1.16 bits per heavy atom. The van der Waals surface area contributed by atoms with E-state index in [-0.39, 0.29) is 11.5 Å². The summed E-state index contributed by atoms with van der Waals surface area (Å²) in [6, 6.07) is 7.50. The number of hydrogen-bond donors (Lipinski definition) is 2. The molecule has 1 aromatic carbocycles. The largest absolute Gasteiger partial charge is 0.448 e. The van der Waals surface area contributed by atoms with E-state index in [1.165, 1.54) is 0 Å². The van der Waals surface area contributed by atoms with Crippen LogP contribution in [-0.4, -0.2) is 33.8 Å². The molecule has 1 unspecified atom stereocenters. The van der Waals surface area contributed by atoms with Gasteiger partial charge in [-0.05, 0) is 43.2 Å². The Hall–Kier alpha value is -3.16. The molecule has 3 amide bonds. The van der Waals surface area contributed by atoms with E-state index in [1.807, 2.05) is 18.3 Å². The Labute approximate surface area is 145 Å². The van der Waals surface area contributed by atoms with Gasteiger partial charge in [0.2, 0.25) is 0 Å². The Morgan fingerprint density at radius 3 is 2.28 bits per heavy atom. The van der Waals surface area contributed by atoms with Gasteiger partial charge < -0.3 is 10.5 Å². The van der Waals surface area contributed by atoms with Gasteiger partial charge >= 0.3 is 12.0 Å². The molecule has 132 valence electrons. The van der Waals surface area contributed by atoms with Crippen molar-refractivity contribution in [1.29, 1.82) is 0 Å². The molecular formula is C17H20N4O4. The number of hydrogen-bond acceptors (Lipinski definition) is 5. The number of benzene rings is 1. The van der Waals surface area contributed by atoms with Crippen LogP contribution < -0.4 is 11.1 Å². The van der Waals surface area contributed by atoms with Gasteiger partial charge in [-0.2, -0.15) is 5.10 Å². The van der Waals surface area contributed by atoms with Gasteiger partial charge in [0.1, 0.15) is 0 Å². The maximum atomic E-state index is 12.3. The molecule has 1 heterocycles. The molecule has 8 heteroatoms. The van der Waals surface area contributed by atoms with Crippen LogP contribution in [0, 0.1) is 12.8 Å². The Bertz CT molecular complexity index is 780. The average molecular weight is 344 g/mol. The van der Waals surface area contributed by atoms with E-state index in [2.05, 4.69) is 5.10 Å². The number of nitrogens with one attached hydrogen (secondary N) is 1. The zero-order valence-corrected chi connectivity index (χ0v) is 14.2. The van der Waals surface area contributed by atoms with E-state index in [4.69, 9.17) is 10.5 Å². The SMILES string of the molecule is Cc1ccnn1-c1ccc(C(=O)OC(C(=O)NC(N)=O)C(C)C)cc1. The van der Waals surface area contributed by atoms with Crippen LogP contribution in [0.3, 0.4) is 0 Å². The minimum atomic E-state index is -1.12. The van der Waals surface area contributed by atoms with Crippen molar-refractivity contribution in [2.75, 3.05) is 0 Å². The van der Waals surface area contributed by atoms with Crippen LogP contribution in [0.5, 0.6) is 0 Å². The fourth-order valence-electron chi connectivity index (χ4n) is 2.25. The highest BCUT2D eigenvalue weighted by Gasteiger charge is 2.27. The molecule has 1 aromatic heterocycles. The van der Waals surface area contributed by atoms with E-state index < -0.39 is 24.0 Å². The van der Waals surface area contributed by atoms with Gasteiger partial charge in [-0.15, -0.1) is 0 Å². The molecule has 8 nitrogen and oxygen atoms in total. The average Bonchev–Trinajstić information content (AvgIpc) is 2.97. The second kappa shape index (κ2) is 7.61. The van der Waals surface area contributed by atoms with E-state index in [9.17, 15) is 14.4 Å². The lowest BCUT2D eigenvalue weighted by atomic mass is 10.1. The summed E-state index contributed by atoms with van der Waals surface area (Å²) in [7, 11) is 0. The number of amides is 3. The normalized spacial score (nSPS) is 11.8. The van der Waals surface area contributed by atoms with Crippen LogP contribution in [0.1, 0.15) is 29.9 Å². The predicted molar refractivity (Wildman–Crippen MR) is 90.1 cm³/mol. The quantitative estimate of drug-likeness (QED) is 0.798. The van der Waals surface area contributed by atoms with Gasteiger partial charge in [0.15, 0.2) is 6.10 Å². The molecule has 25 heavy (non-hydrogen) atoms. The number of nitrogens with two attached hydrogens (primary N) is 1. The van der Waals surface area contributed by atoms with Crippen LogP contribution in [-0.2, 0) is 9.53 Å². The third-order valence-corrected chi connectivity index (χ3v) is 3.52. The zero-order chi connectivity index (χ0) is 18.6. The first-order valence-electron chi connectivity index (χ1n) is 7.72. The van der Waals surface area contributed by atoms with Crippen LogP contribution in [0.15, 0.2) is 36.5 Å². The number of ether oxygens (including phenoxy) is 1. The molecule has 0 aliphatic rings. The third kappa shape index (κ3) is 4.43. The molecule has 0 spiro atoms. The first kappa shape index (κ1) is 18.2. The smallest absolute Gasteiger partial charge is 0.338 e. The lowest BCUT2D eigenvalue weighted by Crippen LogP contribution is -2.45. The lowest BCUT2D eigenvalue weighted by Gasteiger charge is -2.19. The van der Waals surface area contributed by atoms with E-state index in [0.717, 1.165) is 11.4 Å². The summed E-state index contributed by atoms with van der Waals surface area (Å²) in [6.07, 6.45) is 0.565. The first-order chi connectivity index (χ1) is 11.8. The molecule has 2 rings (SSSR count). The number of rotatable bonds is 5. The molecule has 0 aliphatic carbocycles. The second-order valence-electron chi connectivity index (χ2n) is 5.85. The van der Waals surface area contributed by atoms with Crippen molar-refractivity contribution < 1.29 is 19.1 Å². The Balaban J connectivity index is 2.12. The summed E-state index contributed by atoms with van der Waals surface area (Å²) in [5, 5.41) is 6.11. The van der Waals surface area contributed by atoms with Gasteiger partial charge in [0, 0.05) is 11.9 Å². The Morgan fingerprint density at radius 2 is 1.80 bits per heavy atom. The fraction of sp³-hybridized carbons (Fsp3) is 0.294. The number of urea groups is 1. The number of aryl methyl sites for hydroxylation is 1. The topological polar surface area (TPSA) is 116 Å². The van der Waals surface area contributed by atoms with E-state index in [0.29, 0.717) is 0 Å². The van der Waals surface area contributed by atoms with E-state index in [1.54, 1.807) is 49.0 Å². The molecule has 0 aliphatic heterocycles. The van der Waals surface area contributed by atoms with Crippen molar-refractivity contribution in [3.8, 4) is 5.69 Å². The molecule has 3 N–H and O–H groups in total. The lowest BCUT2D eigenvalue weighted by molar-refractivity contribution is -0.130. The van der Waals surface area contributed by atoms with Crippen molar-refractivity contribution in [3.05, 3.63) is 47.8 Å². The maximum absolute atomic E-state index is 12.3. The summed E-state index contributed by atoms with van der Waals surface area (Å²) in [5.41, 5.74) is 6.97. The number of carbonyl (C=O) groups excluding carboxylic acids is 3. The summed E-state index contributed by atoms with van der Waals surface area (Å²) in [6.45, 7) is 5.31. The molecular weight excluding hydrogens is 324 g/mol. The maximum Gasteiger partial charge on any atom is 0.338 e. The second-order valence-corrected chi connectivity index (χ2v) is 5.85. The first-order valence-corrected chi connectivity index (χ1v) is 7.72. The number of nitrogens with zero attached hydrogens (tertiary/aromatic N) is 2. The third-order valence-electron chi connectivity index (χ3n) is 3.52. The molecule has 0 saturated heterocycles. The zero-order valence-electron chi connectivity index (χ0n) is 14.2. The molecule has 0 fully saturated rings. The number of esters is 1. The highest BCUT2D eigenvalue weighted by molar-refractivity contribution is 5.98. The van der Waals surface area contributed by atoms with Gasteiger partial charge in [0.05, 0.1) is 11.3 Å². The molecule has 2 aromatic rings.